The predicted octanol–water partition coefficient (Wildman–Crippen LogP) is 1.39. The van der Waals surface area contributed by atoms with Gasteiger partial charge in [-0.15, -0.1) is 5.10 Å². The molecule has 0 aliphatic rings. The molecule has 0 atom stereocenters. The SMILES string of the molecule is CC(C)(C)n1c(C(=O)O)n[nH]c1=S. The number of aromatic carboxylic acids is 1. The molecule has 0 unspecified atom stereocenters. The first-order valence-corrected chi connectivity index (χ1v) is 4.16. The molecule has 1 aromatic heterocycles. The van der Waals surface area contributed by atoms with Crippen LogP contribution < -0.4 is 0 Å². The van der Waals surface area contributed by atoms with Gasteiger partial charge in [0.2, 0.25) is 5.82 Å². The van der Waals surface area contributed by atoms with Gasteiger partial charge in [-0.1, -0.05) is 0 Å². The van der Waals surface area contributed by atoms with Crippen molar-refractivity contribution < 1.29 is 9.90 Å². The summed E-state index contributed by atoms with van der Waals surface area (Å²) in [5, 5.41) is 14.9. The van der Waals surface area contributed by atoms with Crippen LogP contribution in [-0.4, -0.2) is 25.8 Å². The Hall–Kier alpha value is -1.17. The normalized spacial score (nSPS) is 11.6. The first kappa shape index (κ1) is 9.91. The summed E-state index contributed by atoms with van der Waals surface area (Å²) >= 11 is 4.92. The molecule has 0 spiro atoms. The van der Waals surface area contributed by atoms with E-state index in [4.69, 9.17) is 17.3 Å². The molecule has 5 nitrogen and oxygen atoms in total. The van der Waals surface area contributed by atoms with Gasteiger partial charge in [0.05, 0.1) is 0 Å². The number of nitrogens with one attached hydrogen (secondary N) is 1. The average molecular weight is 201 g/mol. The highest BCUT2D eigenvalue weighted by Crippen LogP contribution is 2.15. The van der Waals surface area contributed by atoms with Crippen molar-refractivity contribution in [3.05, 3.63) is 10.6 Å². The highest BCUT2D eigenvalue weighted by atomic mass is 32.1. The van der Waals surface area contributed by atoms with Crippen molar-refractivity contribution in [3.63, 3.8) is 0 Å². The zero-order chi connectivity index (χ0) is 10.2. The molecule has 0 aromatic carbocycles. The second-order valence-electron chi connectivity index (χ2n) is 3.66. The third kappa shape index (κ3) is 1.77. The van der Waals surface area contributed by atoms with Crippen molar-refractivity contribution in [2.45, 2.75) is 26.3 Å². The zero-order valence-corrected chi connectivity index (χ0v) is 8.47. The summed E-state index contributed by atoms with van der Waals surface area (Å²) in [4.78, 5) is 10.7. The molecule has 0 aliphatic heterocycles. The van der Waals surface area contributed by atoms with Crippen LogP contribution in [0.5, 0.6) is 0 Å². The maximum absolute atomic E-state index is 10.7. The van der Waals surface area contributed by atoms with E-state index in [1.807, 2.05) is 20.8 Å². The number of hydrogen-bond acceptors (Lipinski definition) is 3. The van der Waals surface area contributed by atoms with Crippen molar-refractivity contribution >= 4 is 18.2 Å². The van der Waals surface area contributed by atoms with Gasteiger partial charge in [-0.25, -0.2) is 4.79 Å². The van der Waals surface area contributed by atoms with Crippen LogP contribution in [0, 0.1) is 4.77 Å². The lowest BCUT2D eigenvalue weighted by Crippen LogP contribution is -2.26. The summed E-state index contributed by atoms with van der Waals surface area (Å²) in [6.45, 7) is 5.60. The molecule has 2 N–H and O–H groups in total. The lowest BCUT2D eigenvalue weighted by molar-refractivity contribution is 0.0670. The lowest BCUT2D eigenvalue weighted by atomic mass is 10.1. The van der Waals surface area contributed by atoms with Gasteiger partial charge in [0.1, 0.15) is 0 Å². The summed E-state index contributed by atoms with van der Waals surface area (Å²) in [6.07, 6.45) is 0. The van der Waals surface area contributed by atoms with Crippen LogP contribution in [0.3, 0.4) is 0 Å². The Morgan fingerprint density at radius 2 is 2.15 bits per heavy atom. The van der Waals surface area contributed by atoms with Gasteiger partial charge in [-0.3, -0.25) is 9.67 Å². The zero-order valence-electron chi connectivity index (χ0n) is 7.66. The van der Waals surface area contributed by atoms with Crippen LogP contribution >= 0.6 is 12.2 Å². The Morgan fingerprint density at radius 3 is 2.46 bits per heavy atom. The van der Waals surface area contributed by atoms with Gasteiger partial charge in [0.25, 0.3) is 0 Å². The van der Waals surface area contributed by atoms with Crippen LogP contribution in [0.4, 0.5) is 0 Å². The predicted molar refractivity (Wildman–Crippen MR) is 49.4 cm³/mol. The van der Waals surface area contributed by atoms with Gasteiger partial charge in [-0.05, 0) is 33.0 Å². The van der Waals surface area contributed by atoms with Crippen molar-refractivity contribution in [2.75, 3.05) is 0 Å². The molecule has 1 rings (SSSR count). The van der Waals surface area contributed by atoms with Crippen molar-refractivity contribution in [1.29, 1.82) is 0 Å². The fourth-order valence-electron chi connectivity index (χ4n) is 1.06. The molecule has 0 saturated carbocycles. The van der Waals surface area contributed by atoms with Crippen LogP contribution in [0.25, 0.3) is 0 Å². The molecule has 0 radical (unpaired) electrons. The number of rotatable bonds is 1. The Bertz CT molecular complexity index is 385. The highest BCUT2D eigenvalue weighted by molar-refractivity contribution is 7.71. The van der Waals surface area contributed by atoms with Gasteiger partial charge in [0.15, 0.2) is 4.77 Å². The molecular formula is C7H11N3O2S. The van der Waals surface area contributed by atoms with Crippen molar-refractivity contribution in [2.24, 2.45) is 0 Å². The molecule has 1 heterocycles. The summed E-state index contributed by atoms with van der Waals surface area (Å²) in [5.74, 6) is -1.14. The Labute approximate surface area is 80.4 Å². The number of hydrogen-bond donors (Lipinski definition) is 2. The van der Waals surface area contributed by atoms with E-state index < -0.39 is 5.97 Å². The van der Waals surface area contributed by atoms with Gasteiger partial charge in [-0.2, -0.15) is 0 Å². The molecule has 72 valence electrons. The van der Waals surface area contributed by atoms with Crippen LogP contribution in [0.15, 0.2) is 0 Å². The summed E-state index contributed by atoms with van der Waals surface area (Å²) in [6, 6.07) is 0. The summed E-state index contributed by atoms with van der Waals surface area (Å²) in [5.41, 5.74) is -0.377. The van der Waals surface area contributed by atoms with E-state index in [2.05, 4.69) is 10.2 Å². The van der Waals surface area contributed by atoms with Crippen molar-refractivity contribution in [1.82, 2.24) is 14.8 Å². The van der Waals surface area contributed by atoms with E-state index in [9.17, 15) is 4.79 Å². The lowest BCUT2D eigenvalue weighted by Gasteiger charge is -2.20. The average Bonchev–Trinajstić information content (AvgIpc) is 2.28. The van der Waals surface area contributed by atoms with E-state index in [-0.39, 0.29) is 11.4 Å². The summed E-state index contributed by atoms with van der Waals surface area (Å²) < 4.78 is 1.80. The number of nitrogens with zero attached hydrogens (tertiary/aromatic N) is 2. The van der Waals surface area contributed by atoms with Crippen LogP contribution in [0.2, 0.25) is 0 Å². The number of H-pyrrole nitrogens is 1. The highest BCUT2D eigenvalue weighted by Gasteiger charge is 2.22. The Kier molecular flexibility index (Phi) is 2.25. The van der Waals surface area contributed by atoms with E-state index in [0.29, 0.717) is 4.77 Å². The Morgan fingerprint density at radius 1 is 1.62 bits per heavy atom. The number of carboxylic acid groups (broad SMARTS) is 1. The smallest absolute Gasteiger partial charge is 0.374 e. The first-order valence-electron chi connectivity index (χ1n) is 3.75. The Balaban J connectivity index is 3.42. The number of aromatic amines is 1. The molecule has 0 aliphatic carbocycles. The quantitative estimate of drug-likeness (QED) is 0.674. The third-order valence-corrected chi connectivity index (χ3v) is 1.81. The number of carboxylic acids is 1. The van der Waals surface area contributed by atoms with Crippen molar-refractivity contribution in [3.8, 4) is 0 Å². The van der Waals surface area contributed by atoms with E-state index in [1.54, 1.807) is 0 Å². The third-order valence-electron chi connectivity index (χ3n) is 1.53. The largest absolute Gasteiger partial charge is 0.475 e. The number of carbonyl (C=O) groups is 1. The maximum Gasteiger partial charge on any atom is 0.374 e. The fraction of sp³-hybridized carbons (Fsp3) is 0.571. The minimum absolute atomic E-state index is 0.0579. The molecular weight excluding hydrogens is 190 g/mol. The minimum Gasteiger partial charge on any atom is -0.475 e. The van der Waals surface area contributed by atoms with E-state index >= 15 is 0 Å². The molecule has 0 amide bonds. The van der Waals surface area contributed by atoms with E-state index in [1.165, 1.54) is 4.57 Å². The van der Waals surface area contributed by atoms with Crippen LogP contribution in [-0.2, 0) is 5.54 Å². The molecule has 0 fully saturated rings. The van der Waals surface area contributed by atoms with Gasteiger partial charge < -0.3 is 5.11 Å². The molecule has 0 saturated heterocycles. The van der Waals surface area contributed by atoms with Gasteiger partial charge in [0, 0.05) is 5.54 Å². The maximum atomic E-state index is 10.7. The first-order chi connectivity index (χ1) is 5.84. The molecule has 13 heavy (non-hydrogen) atoms. The number of aromatic nitrogens is 3. The van der Waals surface area contributed by atoms with Crippen LogP contribution in [0.1, 0.15) is 31.4 Å². The topological polar surface area (TPSA) is 70.9 Å². The molecule has 1 aromatic rings. The molecule has 6 heteroatoms. The second kappa shape index (κ2) is 2.95. The van der Waals surface area contributed by atoms with E-state index in [0.717, 1.165) is 0 Å². The monoisotopic (exact) mass is 201 g/mol. The minimum atomic E-state index is -1.08. The summed E-state index contributed by atoms with van der Waals surface area (Å²) in [7, 11) is 0. The van der Waals surface area contributed by atoms with Gasteiger partial charge >= 0.3 is 5.97 Å². The standard InChI is InChI=1S/C7H11N3O2S/c1-7(2,3)10-4(5(11)12)8-9-6(10)13/h1-3H3,(H,9,13)(H,11,12). The fourth-order valence-corrected chi connectivity index (χ4v) is 1.47. The molecule has 0 bridgehead atoms. The second-order valence-corrected chi connectivity index (χ2v) is 4.05.